The molecule has 0 spiro atoms. The van der Waals surface area contributed by atoms with Crippen LogP contribution in [-0.2, 0) is 6.42 Å². The summed E-state index contributed by atoms with van der Waals surface area (Å²) in [5, 5.41) is 11.4. The third kappa shape index (κ3) is 2.42. The van der Waals surface area contributed by atoms with Crippen LogP contribution in [0.5, 0.6) is 0 Å². The van der Waals surface area contributed by atoms with Crippen molar-refractivity contribution in [1.29, 1.82) is 0 Å². The lowest BCUT2D eigenvalue weighted by Crippen LogP contribution is -2.32. The van der Waals surface area contributed by atoms with Crippen LogP contribution in [-0.4, -0.2) is 22.2 Å². The van der Waals surface area contributed by atoms with E-state index in [2.05, 4.69) is 10.3 Å². The number of aromatic nitrogens is 1. The second-order valence-electron chi connectivity index (χ2n) is 4.18. The predicted molar refractivity (Wildman–Crippen MR) is 62.5 cm³/mol. The molecule has 1 aromatic carbocycles. The second kappa shape index (κ2) is 4.64. The fourth-order valence-electron chi connectivity index (χ4n) is 1.94. The molecule has 1 unspecified atom stereocenters. The number of H-pyrrole nitrogens is 1. The summed E-state index contributed by atoms with van der Waals surface area (Å²) in [6, 6.07) is 1.89. The average molecular weight is 254 g/mol. The summed E-state index contributed by atoms with van der Waals surface area (Å²) in [4.78, 5) is 13.3. The molecule has 6 heteroatoms. The second-order valence-corrected chi connectivity index (χ2v) is 4.18. The number of halogens is 2. The molecule has 0 aliphatic heterocycles. The van der Waals surface area contributed by atoms with Gasteiger partial charge in [0.1, 0.15) is 0 Å². The lowest BCUT2D eigenvalue weighted by molar-refractivity contribution is 0.190. The first-order chi connectivity index (χ1) is 8.47. The number of benzene rings is 1. The molecule has 2 rings (SSSR count). The minimum absolute atomic E-state index is 0.311. The predicted octanol–water partition coefficient (Wildman–Crippen LogP) is 2.64. The highest BCUT2D eigenvalue weighted by Crippen LogP contribution is 2.22. The Labute approximate surface area is 102 Å². The molecule has 4 nitrogen and oxygen atoms in total. The molecule has 1 amide bonds. The Morgan fingerprint density at radius 3 is 2.78 bits per heavy atom. The van der Waals surface area contributed by atoms with Crippen LogP contribution in [0.3, 0.4) is 0 Å². The summed E-state index contributed by atoms with van der Waals surface area (Å²) >= 11 is 0. The van der Waals surface area contributed by atoms with E-state index in [0.29, 0.717) is 17.3 Å². The van der Waals surface area contributed by atoms with Crippen molar-refractivity contribution in [3.05, 3.63) is 35.5 Å². The number of aromatic amines is 1. The number of hydrogen-bond acceptors (Lipinski definition) is 1. The van der Waals surface area contributed by atoms with E-state index in [0.717, 1.165) is 17.7 Å². The summed E-state index contributed by atoms with van der Waals surface area (Å²) < 4.78 is 26.2. The Morgan fingerprint density at radius 2 is 2.11 bits per heavy atom. The van der Waals surface area contributed by atoms with Gasteiger partial charge in [0, 0.05) is 29.2 Å². The van der Waals surface area contributed by atoms with Crippen molar-refractivity contribution >= 4 is 17.0 Å². The lowest BCUT2D eigenvalue weighted by atomic mass is 10.1. The number of carboxylic acid groups (broad SMARTS) is 1. The van der Waals surface area contributed by atoms with E-state index in [4.69, 9.17) is 5.11 Å². The minimum Gasteiger partial charge on any atom is -0.465 e. The molecule has 1 heterocycles. The molecule has 0 aliphatic carbocycles. The van der Waals surface area contributed by atoms with Gasteiger partial charge >= 0.3 is 6.09 Å². The molecule has 0 bridgehead atoms. The third-order valence-electron chi connectivity index (χ3n) is 2.70. The monoisotopic (exact) mass is 254 g/mol. The number of hydrogen-bond donors (Lipinski definition) is 3. The first-order valence-corrected chi connectivity index (χ1v) is 5.42. The number of carbonyl (C=O) groups is 1. The van der Waals surface area contributed by atoms with Crippen molar-refractivity contribution in [2.75, 3.05) is 0 Å². The van der Waals surface area contributed by atoms with Crippen LogP contribution in [0.4, 0.5) is 13.6 Å². The van der Waals surface area contributed by atoms with Crippen LogP contribution in [0.2, 0.25) is 0 Å². The molecule has 0 saturated carbocycles. The van der Waals surface area contributed by atoms with Gasteiger partial charge in [-0.15, -0.1) is 0 Å². The Hall–Kier alpha value is -2.11. The molecule has 96 valence electrons. The van der Waals surface area contributed by atoms with Crippen molar-refractivity contribution in [1.82, 2.24) is 10.3 Å². The Morgan fingerprint density at radius 1 is 1.44 bits per heavy atom. The number of rotatable bonds is 3. The topological polar surface area (TPSA) is 65.1 Å². The molecule has 1 atom stereocenters. The molecule has 0 aliphatic rings. The Bertz CT molecular complexity index is 595. The van der Waals surface area contributed by atoms with E-state index in [9.17, 15) is 13.6 Å². The van der Waals surface area contributed by atoms with Crippen molar-refractivity contribution < 1.29 is 18.7 Å². The Kier molecular flexibility index (Phi) is 3.18. The molecular weight excluding hydrogens is 242 g/mol. The van der Waals surface area contributed by atoms with Gasteiger partial charge < -0.3 is 15.4 Å². The van der Waals surface area contributed by atoms with Crippen molar-refractivity contribution in [3.63, 3.8) is 0 Å². The van der Waals surface area contributed by atoms with Gasteiger partial charge in [-0.3, -0.25) is 0 Å². The van der Waals surface area contributed by atoms with Crippen LogP contribution < -0.4 is 5.32 Å². The van der Waals surface area contributed by atoms with E-state index < -0.39 is 17.7 Å². The third-order valence-corrected chi connectivity index (χ3v) is 2.70. The van der Waals surface area contributed by atoms with Gasteiger partial charge in [0.2, 0.25) is 0 Å². The number of amides is 1. The molecule has 1 aromatic heterocycles. The zero-order valence-electron chi connectivity index (χ0n) is 9.63. The van der Waals surface area contributed by atoms with Gasteiger partial charge in [-0.05, 0) is 25.0 Å². The highest BCUT2D eigenvalue weighted by atomic mass is 19.2. The van der Waals surface area contributed by atoms with E-state index in [1.165, 1.54) is 0 Å². The average Bonchev–Trinajstić information content (AvgIpc) is 2.61. The van der Waals surface area contributed by atoms with Gasteiger partial charge in [-0.2, -0.15) is 0 Å². The molecule has 18 heavy (non-hydrogen) atoms. The summed E-state index contributed by atoms with van der Waals surface area (Å²) in [7, 11) is 0. The quantitative estimate of drug-likeness (QED) is 0.788. The zero-order chi connectivity index (χ0) is 13.3. The fourth-order valence-corrected chi connectivity index (χ4v) is 1.94. The largest absolute Gasteiger partial charge is 0.465 e. The number of nitrogens with one attached hydrogen (secondary N) is 2. The van der Waals surface area contributed by atoms with Crippen LogP contribution in [0, 0.1) is 11.6 Å². The van der Waals surface area contributed by atoms with Gasteiger partial charge in [0.25, 0.3) is 0 Å². The van der Waals surface area contributed by atoms with Gasteiger partial charge in [0.05, 0.1) is 0 Å². The maximum Gasteiger partial charge on any atom is 0.404 e. The summed E-state index contributed by atoms with van der Waals surface area (Å²) in [5.41, 5.74) is 1.23. The zero-order valence-corrected chi connectivity index (χ0v) is 9.63. The van der Waals surface area contributed by atoms with Crippen molar-refractivity contribution in [2.45, 2.75) is 19.4 Å². The van der Waals surface area contributed by atoms with E-state index in [1.807, 2.05) is 0 Å². The molecule has 2 aromatic rings. The summed E-state index contributed by atoms with van der Waals surface area (Å²) in [6.07, 6.45) is 0.917. The van der Waals surface area contributed by atoms with Gasteiger partial charge in [-0.1, -0.05) is 0 Å². The molecule has 3 N–H and O–H groups in total. The van der Waals surface area contributed by atoms with E-state index >= 15 is 0 Å². The SMILES string of the molecule is CC(Cc1c[nH]c2cc(F)c(F)cc12)NC(=O)O. The summed E-state index contributed by atoms with van der Waals surface area (Å²) in [6.45, 7) is 1.70. The highest BCUT2D eigenvalue weighted by molar-refractivity contribution is 5.83. The smallest absolute Gasteiger partial charge is 0.404 e. The Balaban J connectivity index is 2.29. The molecule has 0 saturated heterocycles. The van der Waals surface area contributed by atoms with Gasteiger partial charge in [0.15, 0.2) is 11.6 Å². The summed E-state index contributed by atoms with van der Waals surface area (Å²) in [5.74, 6) is -1.82. The highest BCUT2D eigenvalue weighted by Gasteiger charge is 2.12. The van der Waals surface area contributed by atoms with Crippen molar-refractivity contribution in [2.24, 2.45) is 0 Å². The fraction of sp³-hybridized carbons (Fsp3) is 0.250. The van der Waals surface area contributed by atoms with E-state index in [1.54, 1.807) is 13.1 Å². The molecular formula is C12H12F2N2O2. The maximum absolute atomic E-state index is 13.2. The molecule has 0 fully saturated rings. The van der Waals surface area contributed by atoms with Crippen molar-refractivity contribution in [3.8, 4) is 0 Å². The lowest BCUT2D eigenvalue weighted by Gasteiger charge is -2.10. The van der Waals surface area contributed by atoms with Crippen LogP contribution in [0.25, 0.3) is 10.9 Å². The minimum atomic E-state index is -1.11. The van der Waals surface area contributed by atoms with Crippen LogP contribution in [0.1, 0.15) is 12.5 Å². The van der Waals surface area contributed by atoms with Crippen LogP contribution >= 0.6 is 0 Å². The first-order valence-electron chi connectivity index (χ1n) is 5.42. The van der Waals surface area contributed by atoms with E-state index in [-0.39, 0.29) is 6.04 Å². The molecule has 0 radical (unpaired) electrons. The maximum atomic E-state index is 13.2. The number of fused-ring (bicyclic) bond motifs is 1. The van der Waals surface area contributed by atoms with Crippen LogP contribution in [0.15, 0.2) is 18.3 Å². The first kappa shape index (κ1) is 12.3. The normalized spacial score (nSPS) is 12.6. The van der Waals surface area contributed by atoms with Gasteiger partial charge in [-0.25, -0.2) is 13.6 Å². The standard InChI is InChI=1S/C12H12F2N2O2/c1-6(16-12(17)18)2-7-5-15-11-4-10(14)9(13)3-8(7)11/h3-6,15-16H,2H2,1H3,(H,17,18).